The van der Waals surface area contributed by atoms with Crippen molar-refractivity contribution < 1.29 is 59.4 Å². The highest BCUT2D eigenvalue weighted by molar-refractivity contribution is 4.80. The van der Waals surface area contributed by atoms with Crippen molar-refractivity contribution in [1.82, 2.24) is 0 Å². The van der Waals surface area contributed by atoms with Gasteiger partial charge in [-0.25, -0.2) is 0 Å². The Morgan fingerprint density at radius 1 is 0.372 bits per heavy atom. The molecule has 0 aromatic carbocycles. The van der Waals surface area contributed by atoms with Crippen LogP contribution in [-0.2, 0) is 23.7 Å². The smallest absolute Gasteiger partial charge is 0.104 e. The summed E-state index contributed by atoms with van der Waals surface area (Å²) < 4.78 is 30.0. The van der Waals surface area contributed by atoms with Gasteiger partial charge in [0.25, 0.3) is 0 Å². The van der Waals surface area contributed by atoms with Crippen molar-refractivity contribution in [2.24, 2.45) is 21.7 Å². The van der Waals surface area contributed by atoms with E-state index in [0.717, 1.165) is 12.8 Å². The lowest BCUT2D eigenvalue weighted by Gasteiger charge is -2.33. The van der Waals surface area contributed by atoms with Gasteiger partial charge >= 0.3 is 0 Å². The van der Waals surface area contributed by atoms with Crippen LogP contribution >= 0.6 is 0 Å². The molecule has 0 aliphatic rings. The Kier molecular flexibility index (Phi) is 22.7. The molecule has 0 heterocycles. The van der Waals surface area contributed by atoms with Crippen LogP contribution in [0.3, 0.4) is 0 Å². The molecule has 0 fully saturated rings. The third kappa shape index (κ3) is 14.2. The van der Waals surface area contributed by atoms with Gasteiger partial charge in [-0.15, -0.1) is 0 Å². The summed E-state index contributed by atoms with van der Waals surface area (Å²) in [6, 6.07) is 0. The molecule has 12 nitrogen and oxygen atoms in total. The van der Waals surface area contributed by atoms with E-state index in [1.165, 1.54) is 0 Å². The highest BCUT2D eigenvalue weighted by atomic mass is 16.6. The second-order valence-electron chi connectivity index (χ2n) is 12.3. The molecule has 0 bridgehead atoms. The Balaban J connectivity index is 5.55. The molecule has 0 saturated carbocycles. The van der Waals surface area contributed by atoms with E-state index in [9.17, 15) is 35.7 Å². The molecule has 0 aromatic rings. The van der Waals surface area contributed by atoms with Crippen molar-refractivity contribution in [3.05, 3.63) is 0 Å². The van der Waals surface area contributed by atoms with Gasteiger partial charge in [0.15, 0.2) is 0 Å². The van der Waals surface area contributed by atoms with E-state index in [2.05, 4.69) is 0 Å². The summed E-state index contributed by atoms with van der Waals surface area (Å²) in [7, 11) is 0. The maximum Gasteiger partial charge on any atom is 0.104 e. The SMILES string of the molecule is CCC(CC)(CO)COCC(COCC(COCC(CC)(CO)CO)OCC(CC)(CO)CO)OCC(CC)(CO)CO. The maximum atomic E-state index is 9.90. The number of hydrogen-bond donors (Lipinski definition) is 7. The van der Waals surface area contributed by atoms with E-state index in [0.29, 0.717) is 25.9 Å². The topological polar surface area (TPSA) is 188 Å². The van der Waals surface area contributed by atoms with E-state index in [-0.39, 0.29) is 97.9 Å². The molecule has 0 aliphatic heterocycles. The fourth-order valence-corrected chi connectivity index (χ4v) is 4.15. The van der Waals surface area contributed by atoms with E-state index in [4.69, 9.17) is 23.7 Å². The van der Waals surface area contributed by atoms with E-state index < -0.39 is 28.5 Å². The molecule has 0 spiro atoms. The van der Waals surface area contributed by atoms with E-state index >= 15 is 0 Å². The second-order valence-corrected chi connectivity index (χ2v) is 12.3. The molecule has 2 atom stereocenters. The van der Waals surface area contributed by atoms with Crippen molar-refractivity contribution in [1.29, 1.82) is 0 Å². The molecular formula is C31H64O12. The molecule has 0 rings (SSSR count). The predicted molar refractivity (Wildman–Crippen MR) is 163 cm³/mol. The van der Waals surface area contributed by atoms with Gasteiger partial charge in [0.2, 0.25) is 0 Å². The van der Waals surface area contributed by atoms with Gasteiger partial charge in [-0.3, -0.25) is 0 Å². The minimum Gasteiger partial charge on any atom is -0.396 e. The average molecular weight is 629 g/mol. The van der Waals surface area contributed by atoms with Crippen LogP contribution < -0.4 is 0 Å². The molecule has 260 valence electrons. The summed E-state index contributed by atoms with van der Waals surface area (Å²) >= 11 is 0. The van der Waals surface area contributed by atoms with Crippen molar-refractivity contribution >= 4 is 0 Å². The Labute approximate surface area is 259 Å². The molecule has 0 aliphatic carbocycles. The zero-order chi connectivity index (χ0) is 32.8. The normalized spacial score (nSPS) is 14.8. The fraction of sp³-hybridized carbons (Fsp3) is 1.00. The van der Waals surface area contributed by atoms with Crippen LogP contribution in [0.5, 0.6) is 0 Å². The number of ether oxygens (including phenoxy) is 5. The fourth-order valence-electron chi connectivity index (χ4n) is 4.15. The minimum absolute atomic E-state index is 0.00181. The van der Waals surface area contributed by atoms with E-state index in [1.54, 1.807) is 0 Å². The van der Waals surface area contributed by atoms with Gasteiger partial charge in [0.1, 0.15) is 12.2 Å². The summed E-state index contributed by atoms with van der Waals surface area (Å²) in [6.45, 7) is 9.19. The van der Waals surface area contributed by atoms with Crippen LogP contribution in [0, 0.1) is 21.7 Å². The quantitative estimate of drug-likeness (QED) is 0.0592. The molecule has 7 N–H and O–H groups in total. The molecule has 12 heteroatoms. The molecule has 0 aromatic heterocycles. The summed E-state index contributed by atoms with van der Waals surface area (Å²) in [5.74, 6) is 0. The van der Waals surface area contributed by atoms with Gasteiger partial charge < -0.3 is 59.4 Å². The average Bonchev–Trinajstić information content (AvgIpc) is 3.06. The monoisotopic (exact) mass is 628 g/mol. The number of aliphatic hydroxyl groups is 7. The van der Waals surface area contributed by atoms with Crippen molar-refractivity contribution in [2.75, 3.05) is 99.1 Å². The Morgan fingerprint density at radius 3 is 0.907 bits per heavy atom. The van der Waals surface area contributed by atoms with Gasteiger partial charge in [-0.05, 0) is 32.1 Å². The van der Waals surface area contributed by atoms with Crippen LogP contribution in [0.15, 0.2) is 0 Å². The van der Waals surface area contributed by atoms with Crippen LogP contribution in [0.25, 0.3) is 0 Å². The third-order valence-electron chi connectivity index (χ3n) is 9.38. The van der Waals surface area contributed by atoms with Gasteiger partial charge in [0.05, 0.1) is 99.1 Å². The summed E-state index contributed by atoms with van der Waals surface area (Å²) in [5, 5.41) is 68.9. The number of aliphatic hydroxyl groups excluding tert-OH is 7. The first-order valence-electron chi connectivity index (χ1n) is 15.8. The van der Waals surface area contributed by atoms with Crippen molar-refractivity contribution in [2.45, 2.75) is 78.9 Å². The lowest BCUT2D eigenvalue weighted by atomic mass is 9.84. The molecule has 0 amide bonds. The number of hydrogen-bond acceptors (Lipinski definition) is 12. The summed E-state index contributed by atoms with van der Waals surface area (Å²) in [4.78, 5) is 0. The second kappa shape index (κ2) is 22.9. The van der Waals surface area contributed by atoms with Crippen LogP contribution in [0.4, 0.5) is 0 Å². The zero-order valence-electron chi connectivity index (χ0n) is 27.5. The Hall–Kier alpha value is -0.480. The summed E-state index contributed by atoms with van der Waals surface area (Å²) in [6.07, 6.45) is 1.89. The van der Waals surface area contributed by atoms with Crippen molar-refractivity contribution in [3.8, 4) is 0 Å². The van der Waals surface area contributed by atoms with Crippen LogP contribution in [0.1, 0.15) is 66.7 Å². The largest absolute Gasteiger partial charge is 0.396 e. The lowest BCUT2D eigenvalue weighted by Crippen LogP contribution is -2.41. The molecule has 43 heavy (non-hydrogen) atoms. The molecule has 2 unspecified atom stereocenters. The molecular weight excluding hydrogens is 564 g/mol. The first kappa shape index (κ1) is 42.5. The zero-order valence-corrected chi connectivity index (χ0v) is 27.5. The molecule has 0 saturated heterocycles. The van der Waals surface area contributed by atoms with Crippen LogP contribution in [-0.4, -0.2) is 147 Å². The van der Waals surface area contributed by atoms with Gasteiger partial charge in [0, 0.05) is 21.7 Å². The maximum absolute atomic E-state index is 9.90. The van der Waals surface area contributed by atoms with Gasteiger partial charge in [-0.2, -0.15) is 0 Å². The minimum atomic E-state index is -0.822. The Morgan fingerprint density at radius 2 is 0.628 bits per heavy atom. The first-order chi connectivity index (χ1) is 20.6. The first-order valence-corrected chi connectivity index (χ1v) is 15.8. The van der Waals surface area contributed by atoms with Gasteiger partial charge in [-0.1, -0.05) is 34.6 Å². The molecule has 0 radical (unpaired) electrons. The predicted octanol–water partition coefficient (Wildman–Crippen LogP) is 0.748. The van der Waals surface area contributed by atoms with Crippen LogP contribution in [0.2, 0.25) is 0 Å². The standard InChI is InChI=1S/C31H64O12/c1-6-28(7-2,15-32)22-40-13-26(42-24-30(9-4,18-35)19-36)11-39-12-27(43-25-31(10-5,20-37)21-38)14-41-23-29(8-3,16-33)17-34/h26-27,32-38H,6-25H2,1-5H3. The highest BCUT2D eigenvalue weighted by Gasteiger charge is 2.32. The van der Waals surface area contributed by atoms with Crippen molar-refractivity contribution in [3.63, 3.8) is 0 Å². The lowest BCUT2D eigenvalue weighted by molar-refractivity contribution is -0.138. The highest BCUT2D eigenvalue weighted by Crippen LogP contribution is 2.27. The summed E-state index contributed by atoms with van der Waals surface area (Å²) in [5.41, 5.74) is -2.76. The number of rotatable bonds is 30. The van der Waals surface area contributed by atoms with E-state index in [1.807, 2.05) is 34.6 Å². The Bertz CT molecular complexity index is 562. The third-order valence-corrected chi connectivity index (χ3v) is 9.38.